The quantitative estimate of drug-likeness (QED) is 0.313. The molecular weight excluding hydrogens is 111 g/mol. The van der Waals surface area contributed by atoms with Crippen LogP contribution < -0.4 is 0 Å². The van der Waals surface area contributed by atoms with Crippen LogP contribution in [0.25, 0.3) is 0 Å². The van der Waals surface area contributed by atoms with E-state index in [9.17, 15) is 0 Å². The molecule has 0 aromatic carbocycles. The van der Waals surface area contributed by atoms with Gasteiger partial charge in [0.1, 0.15) is 0 Å². The minimum Gasteiger partial charge on any atom is -0.568 e. The molecule has 1 nitrogen and oxygen atoms in total. The van der Waals surface area contributed by atoms with Crippen molar-refractivity contribution < 1.29 is 4.65 Å². The molecule has 0 rings (SSSR count). The molecule has 0 heterocycles. The number of rotatable bonds is 3. The molecule has 0 unspecified atom stereocenters. The molecule has 0 atom stereocenters. The minimum absolute atomic E-state index is 0.452. The van der Waals surface area contributed by atoms with Gasteiger partial charge in [0.15, 0.2) is 0 Å². The van der Waals surface area contributed by atoms with Gasteiger partial charge in [-0.15, -0.1) is 0 Å². The second kappa shape index (κ2) is 5.23. The van der Waals surface area contributed by atoms with Crippen molar-refractivity contribution in [3.63, 3.8) is 0 Å². The highest BCUT2D eigenvalue weighted by molar-refractivity contribution is 5.98. The molecule has 2 heteroatoms. The molecule has 0 aromatic rings. The highest BCUT2D eigenvalue weighted by atomic mass is 16.4. The summed E-state index contributed by atoms with van der Waals surface area (Å²) in [7, 11) is 4.78. The van der Waals surface area contributed by atoms with Gasteiger partial charge in [-0.3, -0.25) is 0 Å². The summed E-state index contributed by atoms with van der Waals surface area (Å²) in [6, 6.07) is 0. The van der Waals surface area contributed by atoms with Crippen molar-refractivity contribution in [3.05, 3.63) is 36.6 Å². The zero-order valence-electron chi connectivity index (χ0n) is 5.50. The van der Waals surface area contributed by atoms with Crippen LogP contribution in [-0.2, 0) is 4.65 Å². The smallest absolute Gasteiger partial charge is 0.374 e. The van der Waals surface area contributed by atoms with E-state index in [0.717, 1.165) is 0 Å². The summed E-state index contributed by atoms with van der Waals surface area (Å²) in [6.07, 6.45) is 7.25. The molecule has 46 valence electrons. The van der Waals surface area contributed by atoms with Crippen molar-refractivity contribution in [1.82, 2.24) is 0 Å². The van der Waals surface area contributed by atoms with Gasteiger partial charge in [-0.05, 0) is 13.0 Å². The van der Waals surface area contributed by atoms with Gasteiger partial charge < -0.3 is 4.65 Å². The maximum atomic E-state index is 4.78. The molecule has 9 heavy (non-hydrogen) atoms. The monoisotopic (exact) mass is 120 g/mol. The Balaban J connectivity index is 3.57. The molecule has 0 aliphatic heterocycles. The van der Waals surface area contributed by atoms with E-state index in [-0.39, 0.29) is 0 Å². The number of allylic oxidation sites excluding steroid dienone is 4. The first-order chi connectivity index (χ1) is 4.31. The Hall–Kier alpha value is -0.915. The van der Waals surface area contributed by atoms with Gasteiger partial charge in [-0.1, -0.05) is 24.8 Å². The molecule has 0 N–H and O–H groups in total. The van der Waals surface area contributed by atoms with Crippen LogP contribution in [0, 0.1) is 0 Å². The Kier molecular flexibility index (Phi) is 4.69. The van der Waals surface area contributed by atoms with Crippen LogP contribution in [-0.4, -0.2) is 8.05 Å². The Morgan fingerprint density at radius 3 is 2.67 bits per heavy atom. The van der Waals surface area contributed by atoms with E-state index in [2.05, 4.69) is 11.2 Å². The second-order valence-corrected chi connectivity index (χ2v) is 1.47. The third-order valence-corrected chi connectivity index (χ3v) is 0.737. The van der Waals surface area contributed by atoms with Crippen molar-refractivity contribution >= 4 is 8.05 Å². The molecule has 0 spiro atoms. The SMILES string of the molecule is [B]OC(=C)/C=C\C=C/C. The summed E-state index contributed by atoms with van der Waals surface area (Å²) in [6.45, 7) is 5.40. The lowest BCUT2D eigenvalue weighted by atomic mass is 10.4. The Labute approximate surface area is 57.2 Å². The van der Waals surface area contributed by atoms with Gasteiger partial charge in [0.05, 0.1) is 5.76 Å². The van der Waals surface area contributed by atoms with E-state index in [0.29, 0.717) is 5.76 Å². The molecular formula is C7H9BO. The third-order valence-electron chi connectivity index (χ3n) is 0.737. The van der Waals surface area contributed by atoms with Crippen LogP contribution in [0.4, 0.5) is 0 Å². The van der Waals surface area contributed by atoms with E-state index in [1.165, 1.54) is 0 Å². The van der Waals surface area contributed by atoms with Crippen molar-refractivity contribution in [2.24, 2.45) is 0 Å². The highest BCUT2D eigenvalue weighted by Gasteiger charge is 1.75. The van der Waals surface area contributed by atoms with E-state index >= 15 is 0 Å². The maximum absolute atomic E-state index is 4.78. The largest absolute Gasteiger partial charge is 0.568 e. The Morgan fingerprint density at radius 2 is 2.22 bits per heavy atom. The standard InChI is InChI=1S/C7H9BO/c1-3-4-5-6-7(2)9-8/h3-6H,2H2,1H3/b4-3-,6-5-. The Morgan fingerprint density at radius 1 is 1.56 bits per heavy atom. The topological polar surface area (TPSA) is 9.23 Å². The van der Waals surface area contributed by atoms with Gasteiger partial charge in [0.25, 0.3) is 0 Å². The van der Waals surface area contributed by atoms with Gasteiger partial charge in [-0.2, -0.15) is 0 Å². The normalized spacial score (nSPS) is 10.8. The maximum Gasteiger partial charge on any atom is 0.374 e. The van der Waals surface area contributed by atoms with Crippen molar-refractivity contribution in [2.45, 2.75) is 6.92 Å². The first kappa shape index (κ1) is 8.08. The lowest BCUT2D eigenvalue weighted by Gasteiger charge is -1.93. The van der Waals surface area contributed by atoms with E-state index in [1.54, 1.807) is 12.2 Å². The van der Waals surface area contributed by atoms with Crippen LogP contribution >= 0.6 is 0 Å². The average molecular weight is 120 g/mol. The molecule has 0 amide bonds. The fourth-order valence-corrected chi connectivity index (χ4v) is 0.313. The predicted molar refractivity (Wildman–Crippen MR) is 39.9 cm³/mol. The van der Waals surface area contributed by atoms with E-state index < -0.39 is 0 Å². The predicted octanol–water partition coefficient (Wildman–Crippen LogP) is 1.73. The fourth-order valence-electron chi connectivity index (χ4n) is 0.313. The van der Waals surface area contributed by atoms with E-state index in [1.807, 2.05) is 19.1 Å². The van der Waals surface area contributed by atoms with Crippen LogP contribution in [0.3, 0.4) is 0 Å². The number of hydrogen-bond acceptors (Lipinski definition) is 1. The zero-order valence-corrected chi connectivity index (χ0v) is 5.50. The summed E-state index contributed by atoms with van der Waals surface area (Å²) in [5, 5.41) is 0. The molecule has 0 bridgehead atoms. The summed E-state index contributed by atoms with van der Waals surface area (Å²) in [5.41, 5.74) is 0. The minimum atomic E-state index is 0.452. The lowest BCUT2D eigenvalue weighted by molar-refractivity contribution is 0.495. The molecule has 0 aromatic heterocycles. The molecule has 0 saturated carbocycles. The van der Waals surface area contributed by atoms with Gasteiger partial charge in [-0.25, -0.2) is 0 Å². The number of hydrogen-bond donors (Lipinski definition) is 0. The first-order valence-corrected chi connectivity index (χ1v) is 2.66. The first-order valence-electron chi connectivity index (χ1n) is 2.66. The highest BCUT2D eigenvalue weighted by Crippen LogP contribution is 1.91. The zero-order chi connectivity index (χ0) is 7.11. The van der Waals surface area contributed by atoms with Crippen LogP contribution in [0.2, 0.25) is 0 Å². The van der Waals surface area contributed by atoms with Gasteiger partial charge in [0, 0.05) is 0 Å². The van der Waals surface area contributed by atoms with Crippen molar-refractivity contribution in [1.29, 1.82) is 0 Å². The van der Waals surface area contributed by atoms with Crippen molar-refractivity contribution in [3.8, 4) is 0 Å². The summed E-state index contributed by atoms with van der Waals surface area (Å²) < 4.78 is 4.28. The molecule has 0 aliphatic carbocycles. The second-order valence-electron chi connectivity index (χ2n) is 1.47. The van der Waals surface area contributed by atoms with Gasteiger partial charge in [0.2, 0.25) is 0 Å². The average Bonchev–Trinajstić information content (AvgIpc) is 1.89. The lowest BCUT2D eigenvalue weighted by Crippen LogP contribution is -1.77. The van der Waals surface area contributed by atoms with Gasteiger partial charge >= 0.3 is 8.05 Å². The summed E-state index contributed by atoms with van der Waals surface area (Å²) >= 11 is 0. The molecule has 0 fully saturated rings. The van der Waals surface area contributed by atoms with Crippen LogP contribution in [0.1, 0.15) is 6.92 Å². The van der Waals surface area contributed by atoms with Crippen LogP contribution in [0.5, 0.6) is 0 Å². The summed E-state index contributed by atoms with van der Waals surface area (Å²) in [5.74, 6) is 0.452. The third kappa shape index (κ3) is 4.95. The molecule has 0 saturated heterocycles. The Bertz CT molecular complexity index is 136. The van der Waals surface area contributed by atoms with Crippen molar-refractivity contribution in [2.75, 3.05) is 0 Å². The molecule has 0 aliphatic rings. The van der Waals surface area contributed by atoms with Crippen LogP contribution in [0.15, 0.2) is 36.6 Å². The van der Waals surface area contributed by atoms with E-state index in [4.69, 9.17) is 8.05 Å². The summed E-state index contributed by atoms with van der Waals surface area (Å²) in [4.78, 5) is 0. The molecule has 2 radical (unpaired) electrons. The fraction of sp³-hybridized carbons (Fsp3) is 0.143.